The fourth-order valence-corrected chi connectivity index (χ4v) is 6.22. The molecule has 190 valence electrons. The van der Waals surface area contributed by atoms with E-state index in [1.54, 1.807) is 51.9 Å². The lowest BCUT2D eigenvalue weighted by atomic mass is 10.1. The molecule has 0 saturated carbocycles. The molecule has 4 rings (SSSR count). The number of carbonyl (C=O) groups is 1. The Morgan fingerprint density at radius 2 is 2.00 bits per heavy atom. The predicted molar refractivity (Wildman–Crippen MR) is 140 cm³/mol. The highest BCUT2D eigenvalue weighted by atomic mass is 35.5. The molecular weight excluding hydrogens is 521 g/mol. The molecule has 1 saturated heterocycles. The molecule has 2 heterocycles. The van der Waals surface area contributed by atoms with Crippen molar-refractivity contribution in [3.05, 3.63) is 94.2 Å². The van der Waals surface area contributed by atoms with Gasteiger partial charge in [-0.3, -0.25) is 4.79 Å². The summed E-state index contributed by atoms with van der Waals surface area (Å²) in [6.07, 6.45) is 4.75. The largest absolute Gasteiger partial charge is 0.376 e. The van der Waals surface area contributed by atoms with E-state index in [0.717, 1.165) is 12.8 Å². The van der Waals surface area contributed by atoms with Crippen LogP contribution in [0, 0.1) is 0 Å². The first-order chi connectivity index (χ1) is 17.3. The summed E-state index contributed by atoms with van der Waals surface area (Å²) >= 11 is 12.4. The second-order valence-corrected chi connectivity index (χ2v) is 11.3. The summed E-state index contributed by atoms with van der Waals surface area (Å²) in [4.78, 5) is 19.4. The Labute approximate surface area is 221 Å². The topological polar surface area (TPSA) is 81.5 Å². The first-order valence-corrected chi connectivity index (χ1v) is 14.0. The van der Waals surface area contributed by atoms with E-state index in [1.165, 1.54) is 12.3 Å². The van der Waals surface area contributed by atoms with Crippen LogP contribution in [0.15, 0.2) is 72.5 Å². The summed E-state index contributed by atoms with van der Waals surface area (Å²) < 4.78 is 33.9. The van der Waals surface area contributed by atoms with E-state index in [9.17, 15) is 13.2 Å². The molecule has 1 atom stereocenters. The quantitative estimate of drug-likeness (QED) is 0.327. The number of carbonyl (C=O) groups excluding carboxylic acids is 1. The summed E-state index contributed by atoms with van der Waals surface area (Å²) in [7, 11) is -3.75. The number of allylic oxidation sites excluding steroid dienone is 1. The molecule has 0 bridgehead atoms. The third-order valence-electron chi connectivity index (χ3n) is 5.94. The van der Waals surface area contributed by atoms with E-state index in [1.807, 2.05) is 6.07 Å². The van der Waals surface area contributed by atoms with Crippen molar-refractivity contribution in [2.45, 2.75) is 42.9 Å². The summed E-state index contributed by atoms with van der Waals surface area (Å²) in [5, 5.41) is 0.616. The smallest absolute Gasteiger partial charge is 0.255 e. The van der Waals surface area contributed by atoms with Crippen LogP contribution in [0.4, 0.5) is 0 Å². The molecule has 0 unspecified atom stereocenters. The average molecular weight is 548 g/mol. The van der Waals surface area contributed by atoms with Crippen LogP contribution in [-0.2, 0) is 33.4 Å². The molecule has 0 N–H and O–H groups in total. The summed E-state index contributed by atoms with van der Waals surface area (Å²) in [6, 6.07) is 13.7. The number of imidazole rings is 1. The maximum absolute atomic E-state index is 13.6. The maximum atomic E-state index is 13.6. The fraction of sp³-hybridized carbons (Fsp3) is 0.308. The van der Waals surface area contributed by atoms with Crippen molar-refractivity contribution >= 4 is 38.9 Å². The zero-order chi connectivity index (χ0) is 25.7. The summed E-state index contributed by atoms with van der Waals surface area (Å²) in [6.45, 7) is 5.10. The Hall–Kier alpha value is -2.65. The molecule has 1 amide bonds. The molecule has 3 aromatic rings. The number of hydrogen-bond acceptors (Lipinski definition) is 5. The monoisotopic (exact) mass is 547 g/mol. The lowest BCUT2D eigenvalue weighted by Gasteiger charge is -2.26. The lowest BCUT2D eigenvalue weighted by Crippen LogP contribution is -2.37. The number of halogens is 2. The van der Waals surface area contributed by atoms with Gasteiger partial charge in [-0.2, -0.15) is 0 Å². The molecular formula is C26H27Cl2N3O4S. The minimum Gasteiger partial charge on any atom is -0.376 e. The van der Waals surface area contributed by atoms with Crippen molar-refractivity contribution in [3.63, 3.8) is 0 Å². The molecule has 7 nitrogen and oxygen atoms in total. The third kappa shape index (κ3) is 6.18. The fourth-order valence-electron chi connectivity index (χ4n) is 4.23. The summed E-state index contributed by atoms with van der Waals surface area (Å²) in [5.74, 6) is -0.479. The lowest BCUT2D eigenvalue weighted by molar-refractivity contribution is 0.0502. The Morgan fingerprint density at radius 3 is 2.67 bits per heavy atom. The van der Waals surface area contributed by atoms with Gasteiger partial charge in [0.25, 0.3) is 5.91 Å². The van der Waals surface area contributed by atoms with Crippen LogP contribution in [0.5, 0.6) is 0 Å². The second kappa shape index (κ2) is 11.6. The van der Waals surface area contributed by atoms with E-state index in [2.05, 4.69) is 11.6 Å². The Balaban J connectivity index is 1.66. The number of ether oxygens (including phenoxy) is 1. The van der Waals surface area contributed by atoms with E-state index >= 15 is 0 Å². The second-order valence-electron chi connectivity index (χ2n) is 8.62. The third-order valence-corrected chi connectivity index (χ3v) is 8.08. The highest BCUT2D eigenvalue weighted by Crippen LogP contribution is 2.25. The van der Waals surface area contributed by atoms with Crippen molar-refractivity contribution in [1.29, 1.82) is 0 Å². The number of rotatable bonds is 10. The minimum atomic E-state index is -3.75. The van der Waals surface area contributed by atoms with Crippen LogP contribution < -0.4 is 0 Å². The maximum Gasteiger partial charge on any atom is 0.255 e. The molecule has 0 spiro atoms. The van der Waals surface area contributed by atoms with Gasteiger partial charge in [0.1, 0.15) is 0 Å². The van der Waals surface area contributed by atoms with Gasteiger partial charge < -0.3 is 14.2 Å². The van der Waals surface area contributed by atoms with Crippen LogP contribution in [0.3, 0.4) is 0 Å². The Kier molecular flexibility index (Phi) is 8.51. The number of nitrogens with zero attached hydrogens (tertiary/aromatic N) is 3. The van der Waals surface area contributed by atoms with E-state index in [4.69, 9.17) is 27.9 Å². The van der Waals surface area contributed by atoms with Gasteiger partial charge in [0.05, 0.1) is 40.9 Å². The molecule has 36 heavy (non-hydrogen) atoms. The Bertz CT molecular complexity index is 1340. The van der Waals surface area contributed by atoms with Crippen molar-refractivity contribution in [2.24, 2.45) is 0 Å². The van der Waals surface area contributed by atoms with E-state index < -0.39 is 9.84 Å². The molecule has 1 fully saturated rings. The molecule has 0 aliphatic carbocycles. The standard InChI is InChI=1S/C26H27Cl2N3O4S/c1-2-12-31-21(15-29-26(31)36(33,34)18-19-7-4-3-5-8-19)16-30(17-22-9-6-13-35-22)25(32)23-11-10-20(27)14-24(23)28/h2-5,7-8,10-11,14-15,22H,1,6,9,12-13,16-18H2/t22-/m0/s1. The highest BCUT2D eigenvalue weighted by Gasteiger charge is 2.28. The van der Waals surface area contributed by atoms with Gasteiger partial charge in [-0.1, -0.05) is 59.6 Å². The minimum absolute atomic E-state index is 0.0599. The van der Waals surface area contributed by atoms with Gasteiger partial charge in [0.2, 0.25) is 15.0 Å². The zero-order valence-corrected chi connectivity index (χ0v) is 22.0. The number of amides is 1. The predicted octanol–water partition coefficient (Wildman–Crippen LogP) is 5.17. The van der Waals surface area contributed by atoms with Gasteiger partial charge in [-0.25, -0.2) is 13.4 Å². The molecule has 2 aromatic carbocycles. The van der Waals surface area contributed by atoms with Gasteiger partial charge in [-0.15, -0.1) is 6.58 Å². The van der Waals surface area contributed by atoms with Crippen LogP contribution in [0.2, 0.25) is 10.0 Å². The van der Waals surface area contributed by atoms with Gasteiger partial charge >= 0.3 is 0 Å². The van der Waals surface area contributed by atoms with Crippen LogP contribution in [0.25, 0.3) is 0 Å². The SMILES string of the molecule is C=CCn1c(CN(C[C@@H]2CCCO2)C(=O)c2ccc(Cl)cc2Cl)cnc1S(=O)(=O)Cc1ccccc1. The van der Waals surface area contributed by atoms with E-state index in [0.29, 0.717) is 35.0 Å². The average Bonchev–Trinajstić information content (AvgIpc) is 3.49. The van der Waals surface area contributed by atoms with E-state index in [-0.39, 0.29) is 41.0 Å². The Morgan fingerprint density at radius 1 is 1.22 bits per heavy atom. The van der Waals surface area contributed by atoms with Gasteiger partial charge in [0.15, 0.2) is 0 Å². The van der Waals surface area contributed by atoms with Crippen molar-refractivity contribution < 1.29 is 17.9 Å². The van der Waals surface area contributed by atoms with Crippen molar-refractivity contribution in [2.75, 3.05) is 13.2 Å². The van der Waals surface area contributed by atoms with Gasteiger partial charge in [0, 0.05) is 24.7 Å². The first kappa shape index (κ1) is 26.4. The number of aromatic nitrogens is 2. The number of hydrogen-bond donors (Lipinski definition) is 0. The van der Waals surface area contributed by atoms with Crippen LogP contribution >= 0.6 is 23.2 Å². The van der Waals surface area contributed by atoms with Crippen molar-refractivity contribution in [1.82, 2.24) is 14.5 Å². The van der Waals surface area contributed by atoms with Gasteiger partial charge in [-0.05, 0) is 36.6 Å². The molecule has 0 radical (unpaired) electrons. The number of sulfone groups is 1. The number of benzene rings is 2. The first-order valence-electron chi connectivity index (χ1n) is 11.6. The zero-order valence-electron chi connectivity index (χ0n) is 19.6. The molecule has 1 aliphatic heterocycles. The summed E-state index contributed by atoms with van der Waals surface area (Å²) in [5.41, 5.74) is 1.54. The van der Waals surface area contributed by atoms with Crippen LogP contribution in [0.1, 0.15) is 34.5 Å². The molecule has 1 aliphatic rings. The molecule has 10 heteroatoms. The molecule has 1 aromatic heterocycles. The normalized spacial score (nSPS) is 15.7. The van der Waals surface area contributed by atoms with Crippen molar-refractivity contribution in [3.8, 4) is 0 Å². The highest BCUT2D eigenvalue weighted by molar-refractivity contribution is 7.90. The van der Waals surface area contributed by atoms with Crippen LogP contribution in [-0.4, -0.2) is 48.0 Å².